The van der Waals surface area contributed by atoms with Gasteiger partial charge in [0.25, 0.3) is 11.5 Å². The molecule has 8 nitrogen and oxygen atoms in total. The van der Waals surface area contributed by atoms with Crippen molar-refractivity contribution in [1.29, 1.82) is 0 Å². The number of hydrogen-bond acceptors (Lipinski definition) is 6. The Kier molecular flexibility index (Phi) is 9.68. The molecule has 3 aromatic rings. The highest BCUT2D eigenvalue weighted by Gasteiger charge is 2.45. The summed E-state index contributed by atoms with van der Waals surface area (Å²) in [5.74, 6) is -4.66. The van der Waals surface area contributed by atoms with E-state index in [4.69, 9.17) is 0 Å². The number of aryl methyl sites for hydroxylation is 1. The van der Waals surface area contributed by atoms with E-state index >= 15 is 13.2 Å². The van der Waals surface area contributed by atoms with Crippen LogP contribution in [0.1, 0.15) is 100 Å². The van der Waals surface area contributed by atoms with Crippen molar-refractivity contribution in [2.24, 2.45) is 5.92 Å². The molecule has 1 N–H and O–H groups in total. The van der Waals surface area contributed by atoms with Gasteiger partial charge in [0.15, 0.2) is 0 Å². The second-order valence-corrected chi connectivity index (χ2v) is 13.4. The van der Waals surface area contributed by atoms with E-state index in [0.29, 0.717) is 80.8 Å². The van der Waals surface area contributed by atoms with Crippen LogP contribution in [0.5, 0.6) is 0 Å². The quantitative estimate of drug-likeness (QED) is 0.324. The van der Waals surface area contributed by atoms with Crippen molar-refractivity contribution in [2.75, 3.05) is 38.0 Å². The monoisotopic (exact) mass is 638 g/mol. The molecule has 4 aliphatic heterocycles. The van der Waals surface area contributed by atoms with Crippen LogP contribution >= 0.6 is 0 Å². The maximum absolute atomic E-state index is 16.0. The van der Waals surface area contributed by atoms with Crippen molar-refractivity contribution < 1.29 is 18.0 Å². The van der Waals surface area contributed by atoms with Gasteiger partial charge in [-0.2, -0.15) is 0 Å². The minimum absolute atomic E-state index is 0.0274. The summed E-state index contributed by atoms with van der Waals surface area (Å²) in [7, 11) is 0. The number of carbonyl (C=O) groups is 1. The summed E-state index contributed by atoms with van der Waals surface area (Å²) in [5, 5.41) is 3.91. The van der Waals surface area contributed by atoms with Crippen molar-refractivity contribution in [1.82, 2.24) is 24.3 Å². The number of pyridine rings is 1. The van der Waals surface area contributed by atoms with Crippen LogP contribution in [0.25, 0.3) is 11.0 Å². The lowest BCUT2D eigenvalue weighted by atomic mass is 9.85. The molecule has 0 radical (unpaired) electrons. The van der Waals surface area contributed by atoms with E-state index in [9.17, 15) is 9.59 Å². The van der Waals surface area contributed by atoms with Crippen LogP contribution < -0.4 is 10.9 Å². The third-order valence-corrected chi connectivity index (χ3v) is 10.5. The van der Waals surface area contributed by atoms with E-state index in [2.05, 4.69) is 20.2 Å². The Morgan fingerprint density at radius 3 is 2.33 bits per heavy atom. The minimum Gasteiger partial charge on any atom is -0.363 e. The normalized spacial score (nSPS) is 24.8. The average molecular weight is 639 g/mol. The molecule has 8 bridgehead atoms. The Hall–Kier alpha value is -3.47. The Balaban J connectivity index is 1.39. The van der Waals surface area contributed by atoms with Gasteiger partial charge in [0, 0.05) is 43.6 Å². The van der Waals surface area contributed by atoms with Crippen LogP contribution in [0.4, 0.5) is 19.0 Å². The highest BCUT2D eigenvalue weighted by molar-refractivity contribution is 5.87. The molecular formula is C35H45F3N6O2. The van der Waals surface area contributed by atoms with E-state index in [1.807, 2.05) is 11.0 Å². The largest absolute Gasteiger partial charge is 0.363 e. The fourth-order valence-electron chi connectivity index (χ4n) is 7.62. The van der Waals surface area contributed by atoms with Gasteiger partial charge in [-0.25, -0.2) is 23.1 Å². The fourth-order valence-corrected chi connectivity index (χ4v) is 7.62. The zero-order valence-electron chi connectivity index (χ0n) is 26.9. The molecule has 6 heterocycles. The number of piperidine rings is 2. The number of nitrogens with zero attached hydrogens (tertiary/aromatic N) is 5. The highest BCUT2D eigenvalue weighted by atomic mass is 19.3. The first-order valence-electron chi connectivity index (χ1n) is 16.9. The number of halogens is 3. The molecule has 46 heavy (non-hydrogen) atoms. The van der Waals surface area contributed by atoms with Crippen LogP contribution in [0, 0.1) is 11.7 Å². The van der Waals surface area contributed by atoms with Gasteiger partial charge >= 0.3 is 0 Å². The first-order chi connectivity index (χ1) is 22.1. The Morgan fingerprint density at radius 1 is 0.913 bits per heavy atom. The number of alkyl halides is 2. The lowest BCUT2D eigenvalue weighted by Crippen LogP contribution is -2.40. The summed E-state index contributed by atoms with van der Waals surface area (Å²) in [6.45, 7) is 7.05. The molecule has 4 aliphatic rings. The number of amides is 1. The molecule has 1 amide bonds. The van der Waals surface area contributed by atoms with Crippen molar-refractivity contribution in [3.63, 3.8) is 0 Å². The first-order valence-corrected chi connectivity index (χ1v) is 16.9. The maximum atomic E-state index is 16.0. The molecule has 1 aromatic carbocycles. The van der Waals surface area contributed by atoms with Gasteiger partial charge in [0.1, 0.15) is 23.6 Å². The van der Waals surface area contributed by atoms with Gasteiger partial charge in [0.2, 0.25) is 5.91 Å². The number of anilines is 1. The van der Waals surface area contributed by atoms with Crippen LogP contribution in [0.15, 0.2) is 35.4 Å². The topological polar surface area (TPSA) is 83.4 Å². The number of likely N-dealkylation sites (tertiary alicyclic amines) is 1. The maximum Gasteiger partial charge on any atom is 0.278 e. The number of rotatable bonds is 1. The molecule has 7 rings (SSSR count). The zero-order valence-corrected chi connectivity index (χ0v) is 26.9. The first kappa shape index (κ1) is 32.5. The minimum atomic E-state index is -3.28. The smallest absolute Gasteiger partial charge is 0.278 e. The van der Waals surface area contributed by atoms with E-state index in [-0.39, 0.29) is 22.9 Å². The van der Waals surface area contributed by atoms with Gasteiger partial charge in [0.05, 0.1) is 17.0 Å². The van der Waals surface area contributed by atoms with Gasteiger partial charge in [-0.15, -0.1) is 0 Å². The molecule has 0 aliphatic carbocycles. The van der Waals surface area contributed by atoms with Gasteiger partial charge in [-0.3, -0.25) is 14.2 Å². The summed E-state index contributed by atoms with van der Waals surface area (Å²) < 4.78 is 49.5. The molecule has 2 aromatic heterocycles. The molecule has 11 heteroatoms. The molecule has 0 saturated carbocycles. The van der Waals surface area contributed by atoms with Crippen LogP contribution in [-0.4, -0.2) is 63.0 Å². The predicted molar refractivity (Wildman–Crippen MR) is 173 cm³/mol. The summed E-state index contributed by atoms with van der Waals surface area (Å²) in [5.41, 5.74) is 0.669. The Labute approximate surface area is 268 Å². The number of hydrogen-bond donors (Lipinski definition) is 1. The van der Waals surface area contributed by atoms with Crippen LogP contribution in [-0.2, 0) is 17.3 Å². The van der Waals surface area contributed by atoms with E-state index in [0.717, 1.165) is 38.6 Å². The van der Waals surface area contributed by atoms with Crippen molar-refractivity contribution in [3.05, 3.63) is 63.5 Å². The van der Waals surface area contributed by atoms with Crippen LogP contribution in [0.3, 0.4) is 0 Å². The fraction of sp³-hybridized carbons (Fsp3) is 0.600. The third-order valence-electron chi connectivity index (χ3n) is 10.5. The SMILES string of the molecule is CC(=O)N1CCC(c2cc3c4ncnc3n(c2=O)CCCCCCCN2CCC(CC2)C(F)(F)c2cccc(c2F)[C@@H](C)N4)CC1. The molecule has 248 valence electrons. The molecule has 2 saturated heterocycles. The molecule has 2 fully saturated rings. The number of benzene rings is 1. The van der Waals surface area contributed by atoms with E-state index in [1.54, 1.807) is 18.4 Å². The molecular weight excluding hydrogens is 593 g/mol. The summed E-state index contributed by atoms with van der Waals surface area (Å²) >= 11 is 0. The van der Waals surface area contributed by atoms with Gasteiger partial charge in [-0.1, -0.05) is 37.5 Å². The number of aromatic nitrogens is 3. The Bertz CT molecular complexity index is 1610. The Morgan fingerprint density at radius 2 is 1.61 bits per heavy atom. The zero-order chi connectivity index (χ0) is 32.4. The second-order valence-electron chi connectivity index (χ2n) is 13.4. The van der Waals surface area contributed by atoms with Gasteiger partial charge in [-0.05, 0) is 77.1 Å². The lowest BCUT2D eigenvalue weighted by molar-refractivity contribution is -0.129. The van der Waals surface area contributed by atoms with Gasteiger partial charge < -0.3 is 15.1 Å². The highest BCUT2D eigenvalue weighted by Crippen LogP contribution is 2.44. The van der Waals surface area contributed by atoms with E-state index in [1.165, 1.54) is 24.5 Å². The molecule has 0 spiro atoms. The lowest BCUT2D eigenvalue weighted by Gasteiger charge is -2.36. The van der Waals surface area contributed by atoms with Crippen molar-refractivity contribution in [3.8, 4) is 0 Å². The molecule has 0 unspecified atom stereocenters. The number of fused-ring (bicyclic) bond motifs is 9. The second kappa shape index (κ2) is 13.7. The number of nitrogens with one attached hydrogen (secondary N) is 1. The van der Waals surface area contributed by atoms with Crippen LogP contribution in [0.2, 0.25) is 0 Å². The van der Waals surface area contributed by atoms with Crippen molar-refractivity contribution in [2.45, 2.75) is 96.1 Å². The third kappa shape index (κ3) is 6.52. The standard InChI is InChI=1S/C35H45F3N6O2/c1-23-27-9-8-10-30(31(27)36)35(37,38)26-13-17-42(18-14-26)15-6-4-3-5-7-16-44-33-29(32(41-23)39-22-40-33)21-28(34(44)46)25-11-19-43(20-12-25)24(2)45/h8-10,21-23,25-26H,3-7,11-20H2,1-2H3,(H,39,40,41)/t23-/m1/s1. The predicted octanol–water partition coefficient (Wildman–Crippen LogP) is 6.60. The molecule has 1 atom stereocenters. The van der Waals surface area contributed by atoms with Crippen molar-refractivity contribution >= 4 is 22.8 Å². The van der Waals surface area contributed by atoms with E-state index < -0.39 is 29.3 Å². The number of carbonyl (C=O) groups excluding carboxylic acids is 1. The summed E-state index contributed by atoms with van der Waals surface area (Å²) in [4.78, 5) is 39.1. The average Bonchev–Trinajstić information content (AvgIpc) is 3.05. The summed E-state index contributed by atoms with van der Waals surface area (Å²) in [6.07, 6.45) is 8.26. The summed E-state index contributed by atoms with van der Waals surface area (Å²) in [6, 6.07) is 5.42.